The lowest BCUT2D eigenvalue weighted by Gasteiger charge is -2.15. The van der Waals surface area contributed by atoms with E-state index >= 15 is 0 Å². The number of imidazole rings is 1. The predicted octanol–water partition coefficient (Wildman–Crippen LogP) is 3.25. The maximum absolute atomic E-state index is 4.37. The minimum atomic E-state index is 0.210. The number of pyridine rings is 1. The number of unbranched alkanes of at least 4 members (excludes halogenated alkanes) is 1. The van der Waals surface area contributed by atoms with Crippen LogP contribution in [0.3, 0.4) is 0 Å². The summed E-state index contributed by atoms with van der Waals surface area (Å²) in [6.07, 6.45) is 9.90. The van der Waals surface area contributed by atoms with E-state index in [-0.39, 0.29) is 6.04 Å². The molecule has 0 aromatic carbocycles. The van der Waals surface area contributed by atoms with E-state index in [1.54, 1.807) is 6.20 Å². The average Bonchev–Trinajstić information content (AvgIpc) is 2.84. The van der Waals surface area contributed by atoms with Gasteiger partial charge in [-0.1, -0.05) is 19.4 Å². The highest BCUT2D eigenvalue weighted by atomic mass is 15.2. The molecule has 0 spiro atoms. The molecule has 1 unspecified atom stereocenters. The van der Waals surface area contributed by atoms with Crippen LogP contribution < -0.4 is 5.32 Å². The number of nitrogens with one attached hydrogen (secondary N) is 1. The quantitative estimate of drug-likeness (QED) is 0.848. The highest BCUT2D eigenvalue weighted by Gasteiger charge is 2.08. The molecule has 0 aliphatic rings. The number of rotatable bonds is 6. The Morgan fingerprint density at radius 3 is 3.00 bits per heavy atom. The summed E-state index contributed by atoms with van der Waals surface area (Å²) in [5.41, 5.74) is 1.17. The predicted molar refractivity (Wildman–Crippen MR) is 73.4 cm³/mol. The molecule has 1 N–H and O–H groups in total. The first-order valence-corrected chi connectivity index (χ1v) is 6.49. The van der Waals surface area contributed by atoms with Gasteiger partial charge in [0.05, 0.1) is 6.04 Å². The van der Waals surface area contributed by atoms with E-state index in [1.807, 2.05) is 24.7 Å². The van der Waals surface area contributed by atoms with Crippen molar-refractivity contribution >= 4 is 5.95 Å². The lowest BCUT2D eigenvalue weighted by atomic mass is 10.1. The fourth-order valence-electron chi connectivity index (χ4n) is 1.87. The number of aryl methyl sites for hydroxylation is 1. The van der Waals surface area contributed by atoms with Crippen LogP contribution in [-0.2, 0) is 6.54 Å². The molecule has 0 amide bonds. The minimum absolute atomic E-state index is 0.210. The van der Waals surface area contributed by atoms with Crippen LogP contribution in [0.5, 0.6) is 0 Å². The van der Waals surface area contributed by atoms with Crippen molar-refractivity contribution in [2.75, 3.05) is 5.32 Å². The first kappa shape index (κ1) is 12.6. The van der Waals surface area contributed by atoms with Crippen molar-refractivity contribution in [1.82, 2.24) is 14.5 Å². The first-order valence-electron chi connectivity index (χ1n) is 6.49. The van der Waals surface area contributed by atoms with Crippen molar-refractivity contribution in [2.24, 2.45) is 0 Å². The largest absolute Gasteiger partial charge is 0.349 e. The SMILES string of the molecule is CCCCn1ccnc1NC(C)c1cccnc1. The number of hydrogen-bond acceptors (Lipinski definition) is 3. The summed E-state index contributed by atoms with van der Waals surface area (Å²) in [4.78, 5) is 8.51. The molecule has 18 heavy (non-hydrogen) atoms. The lowest BCUT2D eigenvalue weighted by Crippen LogP contribution is -2.12. The van der Waals surface area contributed by atoms with Gasteiger partial charge in [-0.15, -0.1) is 0 Å². The zero-order valence-electron chi connectivity index (χ0n) is 11.0. The Morgan fingerprint density at radius 1 is 1.39 bits per heavy atom. The standard InChI is InChI=1S/C14H20N4/c1-3-4-9-18-10-8-16-14(18)17-12(2)13-6-5-7-15-11-13/h5-8,10-12H,3-4,9H2,1-2H3,(H,16,17). The van der Waals surface area contributed by atoms with Crippen LogP contribution in [0, 0.1) is 0 Å². The van der Waals surface area contributed by atoms with Gasteiger partial charge in [-0.25, -0.2) is 4.98 Å². The van der Waals surface area contributed by atoms with Crippen LogP contribution >= 0.6 is 0 Å². The second-order valence-electron chi connectivity index (χ2n) is 4.45. The molecule has 0 fully saturated rings. The maximum atomic E-state index is 4.37. The fraction of sp³-hybridized carbons (Fsp3) is 0.429. The van der Waals surface area contributed by atoms with Gasteiger partial charge in [-0.05, 0) is 25.0 Å². The number of anilines is 1. The van der Waals surface area contributed by atoms with Gasteiger partial charge in [-0.2, -0.15) is 0 Å². The number of hydrogen-bond donors (Lipinski definition) is 1. The van der Waals surface area contributed by atoms with Crippen molar-refractivity contribution in [3.63, 3.8) is 0 Å². The molecule has 0 aliphatic heterocycles. The van der Waals surface area contributed by atoms with Gasteiger partial charge in [0.15, 0.2) is 0 Å². The molecule has 0 saturated carbocycles. The zero-order valence-corrected chi connectivity index (χ0v) is 11.0. The van der Waals surface area contributed by atoms with Crippen molar-refractivity contribution < 1.29 is 0 Å². The van der Waals surface area contributed by atoms with Crippen LogP contribution in [-0.4, -0.2) is 14.5 Å². The highest BCUT2D eigenvalue weighted by Crippen LogP contribution is 2.17. The number of aromatic nitrogens is 3. The summed E-state index contributed by atoms with van der Waals surface area (Å²) in [7, 11) is 0. The van der Waals surface area contributed by atoms with E-state index in [4.69, 9.17) is 0 Å². The number of nitrogens with zero attached hydrogens (tertiary/aromatic N) is 3. The van der Waals surface area contributed by atoms with E-state index in [2.05, 4.69) is 39.8 Å². The molecule has 2 aromatic heterocycles. The molecule has 1 atom stereocenters. The second kappa shape index (κ2) is 6.19. The van der Waals surface area contributed by atoms with Gasteiger partial charge >= 0.3 is 0 Å². The van der Waals surface area contributed by atoms with Gasteiger partial charge in [0.25, 0.3) is 0 Å². The van der Waals surface area contributed by atoms with E-state index in [0.717, 1.165) is 12.5 Å². The molecule has 2 aromatic rings. The maximum Gasteiger partial charge on any atom is 0.203 e. The van der Waals surface area contributed by atoms with Crippen molar-refractivity contribution in [3.05, 3.63) is 42.5 Å². The smallest absolute Gasteiger partial charge is 0.203 e. The van der Waals surface area contributed by atoms with Gasteiger partial charge in [0.1, 0.15) is 0 Å². The molecule has 4 nitrogen and oxygen atoms in total. The van der Waals surface area contributed by atoms with E-state index in [9.17, 15) is 0 Å². The van der Waals surface area contributed by atoms with Gasteiger partial charge in [0.2, 0.25) is 5.95 Å². The van der Waals surface area contributed by atoms with Crippen LogP contribution in [0.2, 0.25) is 0 Å². The Bertz CT molecular complexity index is 464. The second-order valence-corrected chi connectivity index (χ2v) is 4.45. The first-order chi connectivity index (χ1) is 8.81. The molecule has 0 saturated heterocycles. The summed E-state index contributed by atoms with van der Waals surface area (Å²) in [5.74, 6) is 0.930. The van der Waals surface area contributed by atoms with Gasteiger partial charge in [0, 0.05) is 31.3 Å². The van der Waals surface area contributed by atoms with Crippen LogP contribution in [0.1, 0.15) is 38.3 Å². The third-order valence-electron chi connectivity index (χ3n) is 3.00. The van der Waals surface area contributed by atoms with Gasteiger partial charge in [-0.3, -0.25) is 4.98 Å². The Balaban J connectivity index is 2.03. The summed E-state index contributed by atoms with van der Waals surface area (Å²) >= 11 is 0. The fourth-order valence-corrected chi connectivity index (χ4v) is 1.87. The van der Waals surface area contributed by atoms with Crippen LogP contribution in [0.15, 0.2) is 36.9 Å². The highest BCUT2D eigenvalue weighted by molar-refractivity contribution is 5.31. The minimum Gasteiger partial charge on any atom is -0.349 e. The van der Waals surface area contributed by atoms with Crippen LogP contribution in [0.25, 0.3) is 0 Å². The summed E-state index contributed by atoms with van der Waals surface area (Å²) in [6, 6.07) is 4.24. The normalized spacial score (nSPS) is 12.3. The molecular weight excluding hydrogens is 224 g/mol. The Kier molecular flexibility index (Phi) is 4.34. The summed E-state index contributed by atoms with van der Waals surface area (Å²) in [5, 5.41) is 3.43. The molecule has 0 aliphatic carbocycles. The van der Waals surface area contributed by atoms with E-state index in [0.29, 0.717) is 0 Å². The third kappa shape index (κ3) is 3.09. The van der Waals surface area contributed by atoms with Gasteiger partial charge < -0.3 is 9.88 Å². The van der Waals surface area contributed by atoms with Crippen molar-refractivity contribution in [3.8, 4) is 0 Å². The third-order valence-corrected chi connectivity index (χ3v) is 3.00. The Hall–Kier alpha value is -1.84. The molecule has 96 valence electrons. The summed E-state index contributed by atoms with van der Waals surface area (Å²) < 4.78 is 2.16. The van der Waals surface area contributed by atoms with Crippen LogP contribution in [0.4, 0.5) is 5.95 Å². The zero-order chi connectivity index (χ0) is 12.8. The molecule has 4 heteroatoms. The molecule has 0 bridgehead atoms. The molecule has 2 rings (SSSR count). The summed E-state index contributed by atoms with van der Waals surface area (Å²) in [6.45, 7) is 5.33. The molecular formula is C14H20N4. The van der Waals surface area contributed by atoms with Crippen molar-refractivity contribution in [1.29, 1.82) is 0 Å². The molecule has 2 heterocycles. The average molecular weight is 244 g/mol. The van der Waals surface area contributed by atoms with E-state index < -0.39 is 0 Å². The molecule has 0 radical (unpaired) electrons. The Labute approximate surface area is 108 Å². The Morgan fingerprint density at radius 2 is 2.28 bits per heavy atom. The topological polar surface area (TPSA) is 42.7 Å². The van der Waals surface area contributed by atoms with Crippen molar-refractivity contribution in [2.45, 2.75) is 39.3 Å². The van der Waals surface area contributed by atoms with E-state index in [1.165, 1.54) is 18.4 Å². The monoisotopic (exact) mass is 244 g/mol. The lowest BCUT2D eigenvalue weighted by molar-refractivity contribution is 0.631.